The summed E-state index contributed by atoms with van der Waals surface area (Å²) >= 11 is 11.6. The van der Waals surface area contributed by atoms with Crippen LogP contribution in [0.1, 0.15) is 34.6 Å². The predicted molar refractivity (Wildman–Crippen MR) is 77.1 cm³/mol. The molecule has 0 unspecified atom stereocenters. The second kappa shape index (κ2) is 5.31. The maximum Gasteiger partial charge on any atom is 0.356 e. The van der Waals surface area contributed by atoms with Crippen molar-refractivity contribution in [2.75, 3.05) is 0 Å². The summed E-state index contributed by atoms with van der Waals surface area (Å²) in [5.74, 6) is -1.76. The number of rotatable bonds is 2. The molecule has 110 valence electrons. The molecule has 1 aliphatic carbocycles. The summed E-state index contributed by atoms with van der Waals surface area (Å²) in [6.45, 7) is 0. The number of carbonyl (C=O) groups is 1. The first-order chi connectivity index (χ1) is 9.99. The van der Waals surface area contributed by atoms with E-state index in [9.17, 15) is 14.3 Å². The van der Waals surface area contributed by atoms with E-state index in [0.29, 0.717) is 12.1 Å². The molecule has 0 fully saturated rings. The Labute approximate surface area is 130 Å². The van der Waals surface area contributed by atoms with Gasteiger partial charge in [0.25, 0.3) is 0 Å². The Morgan fingerprint density at radius 3 is 2.48 bits per heavy atom. The maximum atomic E-state index is 13.5. The van der Waals surface area contributed by atoms with Crippen LogP contribution in [0.3, 0.4) is 0 Å². The molecule has 1 heterocycles. The molecular weight excluding hydrogens is 318 g/mol. The maximum absolute atomic E-state index is 13.5. The Balaban J connectivity index is 2.21. The van der Waals surface area contributed by atoms with Gasteiger partial charge in [-0.2, -0.15) is 5.10 Å². The van der Waals surface area contributed by atoms with Crippen LogP contribution in [0.15, 0.2) is 12.1 Å². The lowest BCUT2D eigenvalue weighted by Gasteiger charge is -2.14. The Morgan fingerprint density at radius 1 is 1.24 bits per heavy atom. The van der Waals surface area contributed by atoms with Crippen LogP contribution < -0.4 is 0 Å². The van der Waals surface area contributed by atoms with Gasteiger partial charge >= 0.3 is 5.97 Å². The smallest absolute Gasteiger partial charge is 0.356 e. The number of fused-ring (bicyclic) bond motifs is 1. The summed E-state index contributed by atoms with van der Waals surface area (Å²) in [6.07, 6.45) is 3.30. The Hall–Kier alpha value is -1.59. The number of nitrogens with zero attached hydrogens (tertiary/aromatic N) is 2. The normalized spacial score (nSPS) is 14.0. The van der Waals surface area contributed by atoms with Gasteiger partial charge in [0, 0.05) is 11.3 Å². The zero-order valence-electron chi connectivity index (χ0n) is 10.9. The molecule has 7 heteroatoms. The van der Waals surface area contributed by atoms with Crippen LogP contribution in [-0.4, -0.2) is 20.9 Å². The molecule has 1 aromatic carbocycles. The molecule has 1 aromatic heterocycles. The number of aromatic carboxylic acids is 1. The van der Waals surface area contributed by atoms with Crippen molar-refractivity contribution in [3.63, 3.8) is 0 Å². The van der Waals surface area contributed by atoms with Crippen LogP contribution in [0, 0.1) is 5.82 Å². The van der Waals surface area contributed by atoms with Crippen molar-refractivity contribution in [3.05, 3.63) is 44.9 Å². The highest BCUT2D eigenvalue weighted by Gasteiger charge is 2.25. The zero-order valence-corrected chi connectivity index (χ0v) is 12.4. The van der Waals surface area contributed by atoms with E-state index in [1.165, 1.54) is 16.8 Å². The van der Waals surface area contributed by atoms with Crippen molar-refractivity contribution >= 4 is 29.2 Å². The van der Waals surface area contributed by atoms with Gasteiger partial charge in [0.2, 0.25) is 0 Å². The topological polar surface area (TPSA) is 55.1 Å². The van der Waals surface area contributed by atoms with Gasteiger partial charge in [0.05, 0.1) is 15.7 Å². The van der Waals surface area contributed by atoms with Gasteiger partial charge in [0.1, 0.15) is 0 Å². The highest BCUT2D eigenvalue weighted by atomic mass is 35.5. The van der Waals surface area contributed by atoms with Crippen LogP contribution in [0.4, 0.5) is 4.39 Å². The second-order valence-corrected chi connectivity index (χ2v) is 5.74. The minimum Gasteiger partial charge on any atom is -0.476 e. The lowest BCUT2D eigenvalue weighted by Crippen LogP contribution is -2.08. The molecule has 0 atom stereocenters. The van der Waals surface area contributed by atoms with E-state index < -0.39 is 11.8 Å². The minimum atomic E-state index is -1.06. The van der Waals surface area contributed by atoms with E-state index in [1.54, 1.807) is 0 Å². The molecule has 2 aromatic rings. The van der Waals surface area contributed by atoms with Gasteiger partial charge in [-0.15, -0.1) is 0 Å². The molecule has 0 saturated heterocycles. The highest BCUT2D eigenvalue weighted by Crippen LogP contribution is 2.31. The summed E-state index contributed by atoms with van der Waals surface area (Å²) in [7, 11) is 0. The fourth-order valence-electron chi connectivity index (χ4n) is 2.65. The molecule has 1 aliphatic rings. The number of halogens is 3. The van der Waals surface area contributed by atoms with Crippen LogP contribution in [0.25, 0.3) is 5.69 Å². The van der Waals surface area contributed by atoms with Crippen molar-refractivity contribution in [1.82, 2.24) is 9.78 Å². The van der Waals surface area contributed by atoms with Crippen molar-refractivity contribution in [1.29, 1.82) is 0 Å². The van der Waals surface area contributed by atoms with E-state index in [-0.39, 0.29) is 15.7 Å². The van der Waals surface area contributed by atoms with Gasteiger partial charge in [0.15, 0.2) is 11.5 Å². The Kier molecular flexibility index (Phi) is 3.63. The largest absolute Gasteiger partial charge is 0.476 e. The van der Waals surface area contributed by atoms with E-state index in [2.05, 4.69) is 5.10 Å². The summed E-state index contributed by atoms with van der Waals surface area (Å²) in [5, 5.41) is 13.2. The zero-order chi connectivity index (χ0) is 15.1. The number of aromatic nitrogens is 2. The number of carboxylic acid groups (broad SMARTS) is 1. The summed E-state index contributed by atoms with van der Waals surface area (Å²) < 4.78 is 15.0. The molecule has 0 radical (unpaired) electrons. The average Bonchev–Trinajstić information content (AvgIpc) is 2.84. The summed E-state index contributed by atoms with van der Waals surface area (Å²) in [5.41, 5.74) is 2.08. The number of carboxylic acids is 1. The molecule has 1 N–H and O–H groups in total. The monoisotopic (exact) mass is 328 g/mol. The lowest BCUT2D eigenvalue weighted by atomic mass is 9.95. The standard InChI is InChI=1S/C14H11Cl2FN2O2/c15-9-5-7(6-10(16)12(9)17)19-11-4-2-1-3-8(11)13(18-19)14(20)21/h5-6H,1-4H2,(H,20,21). The van der Waals surface area contributed by atoms with Crippen molar-refractivity contribution < 1.29 is 14.3 Å². The van der Waals surface area contributed by atoms with E-state index >= 15 is 0 Å². The fourth-order valence-corrected chi connectivity index (χ4v) is 3.12. The fraction of sp³-hybridized carbons (Fsp3) is 0.286. The Bertz CT molecular complexity index is 720. The predicted octanol–water partition coefficient (Wildman–Crippen LogP) is 3.90. The van der Waals surface area contributed by atoms with Crippen LogP contribution in [0.5, 0.6) is 0 Å². The summed E-state index contributed by atoms with van der Waals surface area (Å²) in [6, 6.07) is 2.80. The molecule has 3 rings (SSSR count). The average molecular weight is 329 g/mol. The third kappa shape index (κ3) is 2.40. The first-order valence-corrected chi connectivity index (χ1v) is 7.23. The third-order valence-electron chi connectivity index (χ3n) is 3.60. The van der Waals surface area contributed by atoms with Crippen molar-refractivity contribution in [2.24, 2.45) is 0 Å². The molecule has 4 nitrogen and oxygen atoms in total. The molecule has 0 bridgehead atoms. The van der Waals surface area contributed by atoms with Gasteiger partial charge in [-0.05, 0) is 37.8 Å². The Morgan fingerprint density at radius 2 is 1.86 bits per heavy atom. The van der Waals surface area contributed by atoms with E-state index in [4.69, 9.17) is 23.2 Å². The molecule has 0 spiro atoms. The molecule has 0 amide bonds. The van der Waals surface area contributed by atoms with E-state index in [0.717, 1.165) is 30.5 Å². The quantitative estimate of drug-likeness (QED) is 0.851. The molecule has 0 aliphatic heterocycles. The second-order valence-electron chi connectivity index (χ2n) is 4.92. The van der Waals surface area contributed by atoms with Crippen molar-refractivity contribution in [3.8, 4) is 5.69 Å². The molecular formula is C14H11Cl2FN2O2. The van der Waals surface area contributed by atoms with Gasteiger partial charge < -0.3 is 5.11 Å². The molecule has 21 heavy (non-hydrogen) atoms. The van der Waals surface area contributed by atoms with Gasteiger partial charge in [-0.25, -0.2) is 13.9 Å². The highest BCUT2D eigenvalue weighted by molar-refractivity contribution is 6.35. The van der Waals surface area contributed by atoms with Crippen LogP contribution >= 0.6 is 23.2 Å². The third-order valence-corrected chi connectivity index (χ3v) is 4.15. The lowest BCUT2D eigenvalue weighted by molar-refractivity contribution is 0.0688. The minimum absolute atomic E-state index is 0.0428. The van der Waals surface area contributed by atoms with Crippen LogP contribution in [-0.2, 0) is 12.8 Å². The van der Waals surface area contributed by atoms with Crippen molar-refractivity contribution in [2.45, 2.75) is 25.7 Å². The molecule has 0 saturated carbocycles. The van der Waals surface area contributed by atoms with E-state index in [1.807, 2.05) is 0 Å². The van der Waals surface area contributed by atoms with Crippen LogP contribution in [0.2, 0.25) is 10.0 Å². The number of hydrogen-bond donors (Lipinski definition) is 1. The number of hydrogen-bond acceptors (Lipinski definition) is 2. The van der Waals surface area contributed by atoms with Gasteiger partial charge in [-0.3, -0.25) is 0 Å². The first-order valence-electron chi connectivity index (χ1n) is 6.48. The van der Waals surface area contributed by atoms with Gasteiger partial charge in [-0.1, -0.05) is 23.2 Å². The number of benzene rings is 1. The summed E-state index contributed by atoms with van der Waals surface area (Å²) in [4.78, 5) is 11.3. The SMILES string of the molecule is O=C(O)c1nn(-c2cc(Cl)c(F)c(Cl)c2)c2c1CCCC2. The first kappa shape index (κ1) is 14.4.